The van der Waals surface area contributed by atoms with Crippen molar-refractivity contribution in [2.45, 2.75) is 57.9 Å². The molecule has 6 heteroatoms. The van der Waals surface area contributed by atoms with E-state index in [4.69, 9.17) is 13.6 Å². The summed E-state index contributed by atoms with van der Waals surface area (Å²) >= 11 is 0. The predicted molar refractivity (Wildman–Crippen MR) is 77.5 cm³/mol. The highest BCUT2D eigenvalue weighted by Crippen LogP contribution is 2.25. The zero-order valence-corrected chi connectivity index (χ0v) is 15.1. The molecule has 98 valence electrons. The van der Waals surface area contributed by atoms with Gasteiger partial charge in [0.05, 0.1) is 5.73 Å². The van der Waals surface area contributed by atoms with Crippen LogP contribution in [0.15, 0.2) is 0 Å². The summed E-state index contributed by atoms with van der Waals surface area (Å²) in [4.78, 5) is 0. The van der Waals surface area contributed by atoms with Gasteiger partial charge in [0.1, 0.15) is 0 Å². The van der Waals surface area contributed by atoms with Crippen LogP contribution < -0.4 is 0 Å². The highest BCUT2D eigenvalue weighted by Gasteiger charge is 2.39. The van der Waals surface area contributed by atoms with Crippen molar-refractivity contribution in [2.24, 2.45) is 0 Å². The van der Waals surface area contributed by atoms with Crippen molar-refractivity contribution in [3.8, 4) is 0 Å². The molecule has 0 aliphatic rings. The molecular formula is C10H28O3Si3. The highest BCUT2D eigenvalue weighted by atomic mass is 28.4. The van der Waals surface area contributed by atoms with Crippen molar-refractivity contribution >= 4 is 26.4 Å². The monoisotopic (exact) mass is 280 g/mol. The van der Waals surface area contributed by atoms with E-state index >= 15 is 0 Å². The summed E-state index contributed by atoms with van der Waals surface area (Å²) in [5.41, 5.74) is 0.266. The molecule has 0 rings (SSSR count). The molecule has 0 aromatic carbocycles. The van der Waals surface area contributed by atoms with E-state index in [-0.39, 0.29) is 22.1 Å². The smallest absolute Gasteiger partial charge is 0.204 e. The number of hydrogen-bond acceptors (Lipinski definition) is 3. The van der Waals surface area contributed by atoms with Gasteiger partial charge in [0.2, 0.25) is 8.32 Å². The molecule has 0 saturated carbocycles. The van der Waals surface area contributed by atoms with Crippen molar-refractivity contribution in [1.82, 2.24) is 0 Å². The first-order valence-corrected chi connectivity index (χ1v) is 14.3. The van der Waals surface area contributed by atoms with E-state index in [0.29, 0.717) is 0 Å². The van der Waals surface area contributed by atoms with Crippen molar-refractivity contribution in [2.75, 3.05) is 6.61 Å². The molecule has 16 heavy (non-hydrogen) atoms. The van der Waals surface area contributed by atoms with Gasteiger partial charge in [-0.05, 0) is 45.6 Å². The molecule has 3 nitrogen and oxygen atoms in total. The van der Waals surface area contributed by atoms with Crippen LogP contribution in [-0.4, -0.2) is 43.8 Å². The van der Waals surface area contributed by atoms with Crippen molar-refractivity contribution in [3.05, 3.63) is 0 Å². The predicted octanol–water partition coefficient (Wildman–Crippen LogP) is 1.87. The van der Waals surface area contributed by atoms with E-state index in [2.05, 4.69) is 39.7 Å². The van der Waals surface area contributed by atoms with Crippen LogP contribution in [0.1, 0.15) is 13.3 Å². The first-order chi connectivity index (χ1) is 7.25. The first kappa shape index (κ1) is 16.5. The van der Waals surface area contributed by atoms with E-state index in [1.54, 1.807) is 0 Å². The molecule has 0 amide bonds. The van der Waals surface area contributed by atoms with Gasteiger partial charge in [0.25, 0.3) is 0 Å². The van der Waals surface area contributed by atoms with Crippen molar-refractivity contribution < 1.29 is 13.6 Å². The summed E-state index contributed by atoms with van der Waals surface area (Å²) in [6, 6.07) is 1.00. The first-order valence-electron chi connectivity index (χ1n) is 6.18. The fourth-order valence-electron chi connectivity index (χ4n) is 1.89. The number of aliphatic hydroxyl groups excluding tert-OH is 1. The standard InChI is InChI=1S/C10H28O3Si3/c1-10(12-14-2)16(6,9-7-8-11)13-15(3,4)5/h10-11H,7-9,14H2,1-6H3. The Morgan fingerprint density at radius 1 is 1.25 bits per heavy atom. The molecule has 0 fully saturated rings. The lowest BCUT2D eigenvalue weighted by Gasteiger charge is -2.39. The van der Waals surface area contributed by atoms with Crippen molar-refractivity contribution in [1.29, 1.82) is 0 Å². The van der Waals surface area contributed by atoms with Gasteiger partial charge in [0, 0.05) is 6.61 Å². The Labute approximate surface area is 105 Å². The second kappa shape index (κ2) is 7.07. The third kappa shape index (κ3) is 6.31. The van der Waals surface area contributed by atoms with E-state index in [9.17, 15) is 0 Å². The van der Waals surface area contributed by atoms with Crippen LogP contribution in [-0.2, 0) is 8.54 Å². The number of hydrogen-bond donors (Lipinski definition) is 1. The maximum absolute atomic E-state index is 8.99. The maximum atomic E-state index is 8.99. The van der Waals surface area contributed by atoms with Crippen LogP contribution in [0.5, 0.6) is 0 Å². The van der Waals surface area contributed by atoms with Crippen LogP contribution in [0.4, 0.5) is 0 Å². The quantitative estimate of drug-likeness (QED) is 0.690. The normalized spacial score (nSPS) is 18.9. The third-order valence-corrected chi connectivity index (χ3v) is 11.4. The average molecular weight is 281 g/mol. The molecule has 0 saturated heterocycles. The van der Waals surface area contributed by atoms with Gasteiger partial charge in [-0.25, -0.2) is 0 Å². The van der Waals surface area contributed by atoms with Gasteiger partial charge < -0.3 is 13.6 Å². The van der Waals surface area contributed by atoms with Gasteiger partial charge in [0.15, 0.2) is 18.1 Å². The lowest BCUT2D eigenvalue weighted by Crippen LogP contribution is -2.53. The molecule has 0 bridgehead atoms. The molecule has 0 aromatic rings. The Bertz CT molecular complexity index is 196. The van der Waals surface area contributed by atoms with E-state index in [1.807, 2.05) is 0 Å². The summed E-state index contributed by atoms with van der Waals surface area (Å²) in [7, 11) is -3.72. The second-order valence-corrected chi connectivity index (χ2v) is 15.3. The second-order valence-electron chi connectivity index (χ2n) is 5.45. The van der Waals surface area contributed by atoms with Crippen LogP contribution in [0.2, 0.25) is 38.8 Å². The molecule has 1 N–H and O–H groups in total. The zero-order valence-electron chi connectivity index (χ0n) is 11.7. The lowest BCUT2D eigenvalue weighted by atomic mass is 10.5. The molecule has 0 spiro atoms. The molecule has 2 unspecified atom stereocenters. The minimum atomic E-state index is -1.82. The van der Waals surface area contributed by atoms with Gasteiger partial charge in [-0.2, -0.15) is 0 Å². The van der Waals surface area contributed by atoms with Crippen molar-refractivity contribution in [3.63, 3.8) is 0 Å². The molecule has 0 aliphatic carbocycles. The summed E-state index contributed by atoms with van der Waals surface area (Å²) in [5, 5.41) is 8.99. The fraction of sp³-hybridized carbons (Fsp3) is 1.00. The molecule has 0 radical (unpaired) electrons. The van der Waals surface area contributed by atoms with Gasteiger partial charge >= 0.3 is 0 Å². The zero-order chi connectivity index (χ0) is 12.8. The molecule has 2 atom stereocenters. The maximum Gasteiger partial charge on any atom is 0.204 e. The molecule has 0 aromatic heterocycles. The average Bonchev–Trinajstić information content (AvgIpc) is 2.12. The third-order valence-electron chi connectivity index (χ3n) is 2.65. The van der Waals surface area contributed by atoms with Crippen LogP contribution in [0.3, 0.4) is 0 Å². The Hall–Kier alpha value is 0.531. The lowest BCUT2D eigenvalue weighted by molar-refractivity contribution is 0.268. The Kier molecular flexibility index (Phi) is 7.31. The summed E-state index contributed by atoms with van der Waals surface area (Å²) in [5.74, 6) is 0. The summed E-state index contributed by atoms with van der Waals surface area (Å²) < 4.78 is 12.3. The Morgan fingerprint density at radius 3 is 2.19 bits per heavy atom. The van der Waals surface area contributed by atoms with E-state index in [1.165, 1.54) is 0 Å². The van der Waals surface area contributed by atoms with E-state index in [0.717, 1.165) is 12.5 Å². The number of rotatable bonds is 8. The minimum absolute atomic E-state index is 0.258. The SMILES string of the molecule is C[SiH2]OC(C)[Si](C)(CCCO)O[Si](C)(C)C. The van der Waals surface area contributed by atoms with Crippen LogP contribution >= 0.6 is 0 Å². The van der Waals surface area contributed by atoms with E-state index < -0.39 is 16.6 Å². The Morgan fingerprint density at radius 2 is 1.81 bits per heavy atom. The van der Waals surface area contributed by atoms with Crippen LogP contribution in [0.25, 0.3) is 0 Å². The molecule has 0 aliphatic heterocycles. The Balaban J connectivity index is 4.59. The molecular weight excluding hydrogens is 252 g/mol. The van der Waals surface area contributed by atoms with Gasteiger partial charge in [-0.1, -0.05) is 6.55 Å². The highest BCUT2D eigenvalue weighted by molar-refractivity contribution is 6.85. The molecule has 0 heterocycles. The minimum Gasteiger partial charge on any atom is -0.454 e. The summed E-state index contributed by atoms with van der Waals surface area (Å²) in [6.45, 7) is 13.5. The van der Waals surface area contributed by atoms with Gasteiger partial charge in [-0.15, -0.1) is 0 Å². The topological polar surface area (TPSA) is 38.7 Å². The number of aliphatic hydroxyl groups is 1. The fourth-order valence-corrected chi connectivity index (χ4v) is 12.2. The largest absolute Gasteiger partial charge is 0.454 e. The van der Waals surface area contributed by atoms with Gasteiger partial charge in [-0.3, -0.25) is 0 Å². The summed E-state index contributed by atoms with van der Waals surface area (Å²) in [6.07, 6.45) is 0.839. The van der Waals surface area contributed by atoms with Crippen LogP contribution in [0, 0.1) is 0 Å².